The van der Waals surface area contributed by atoms with Gasteiger partial charge in [-0.3, -0.25) is 4.90 Å². The molecule has 4 rings (SSSR count). The Labute approximate surface area is 159 Å². The Morgan fingerprint density at radius 2 is 1.78 bits per heavy atom. The normalized spacial score (nSPS) is 16.2. The fraction of sp³-hybridized carbons (Fsp3) is 0.350. The third kappa shape index (κ3) is 4.32. The van der Waals surface area contributed by atoms with E-state index in [1.165, 1.54) is 11.1 Å². The van der Waals surface area contributed by atoms with Gasteiger partial charge in [-0.25, -0.2) is 0 Å². The molecular formula is C20H24N6O. The number of morpholine rings is 1. The first-order valence-electron chi connectivity index (χ1n) is 9.26. The van der Waals surface area contributed by atoms with E-state index in [2.05, 4.69) is 56.9 Å². The van der Waals surface area contributed by atoms with Gasteiger partial charge in [-0.15, -0.1) is 0 Å². The number of aromatic nitrogens is 4. The van der Waals surface area contributed by atoms with Gasteiger partial charge in [0.05, 0.1) is 24.9 Å². The minimum atomic E-state index is 0.0807. The molecule has 0 radical (unpaired) electrons. The lowest BCUT2D eigenvalue weighted by molar-refractivity contribution is 0.0360. The summed E-state index contributed by atoms with van der Waals surface area (Å²) >= 11 is 0. The largest absolute Gasteiger partial charge is 0.379 e. The number of nitrogens with zero attached hydrogens (tertiary/aromatic N) is 5. The van der Waals surface area contributed by atoms with Crippen molar-refractivity contribution < 1.29 is 4.74 Å². The third-order valence-corrected chi connectivity index (χ3v) is 4.80. The van der Waals surface area contributed by atoms with Crippen LogP contribution in [0.2, 0.25) is 0 Å². The molecule has 0 spiro atoms. The topological polar surface area (TPSA) is 68.1 Å². The summed E-state index contributed by atoms with van der Waals surface area (Å²) in [5.74, 6) is 0.639. The molecule has 1 atom stereocenters. The van der Waals surface area contributed by atoms with Crippen LogP contribution in [-0.4, -0.2) is 58.0 Å². The number of para-hydroxylation sites is 1. The fourth-order valence-electron chi connectivity index (χ4n) is 3.25. The molecule has 0 unspecified atom stereocenters. The maximum Gasteiger partial charge on any atom is 0.248 e. The highest BCUT2D eigenvalue weighted by Gasteiger charge is 2.21. The van der Waals surface area contributed by atoms with Crippen LogP contribution >= 0.6 is 0 Å². The average Bonchev–Trinajstić information content (AvgIpc) is 3.18. The number of benzene rings is 2. The molecule has 3 aromatic rings. The molecule has 7 heteroatoms. The zero-order valence-corrected chi connectivity index (χ0v) is 15.5. The molecule has 1 aliphatic rings. The van der Waals surface area contributed by atoms with E-state index in [0.29, 0.717) is 5.95 Å². The quantitative estimate of drug-likeness (QED) is 0.725. The average molecular weight is 364 g/mol. The highest BCUT2D eigenvalue weighted by atomic mass is 16.5. The van der Waals surface area contributed by atoms with Gasteiger partial charge in [-0.1, -0.05) is 53.1 Å². The Bertz CT molecular complexity index is 842. The zero-order chi connectivity index (χ0) is 18.5. The number of nitrogens with one attached hydrogen (secondary N) is 1. The van der Waals surface area contributed by atoms with E-state index < -0.39 is 0 Å². The minimum Gasteiger partial charge on any atom is -0.379 e. The van der Waals surface area contributed by atoms with E-state index in [9.17, 15) is 0 Å². The van der Waals surface area contributed by atoms with Gasteiger partial charge in [-0.2, -0.15) is 4.68 Å². The van der Waals surface area contributed by atoms with Crippen LogP contribution in [0.5, 0.6) is 0 Å². The van der Waals surface area contributed by atoms with Crippen LogP contribution in [0.1, 0.15) is 17.2 Å². The van der Waals surface area contributed by atoms with E-state index in [1.807, 2.05) is 30.3 Å². The fourth-order valence-corrected chi connectivity index (χ4v) is 3.25. The molecule has 0 amide bonds. The van der Waals surface area contributed by atoms with E-state index in [-0.39, 0.29) is 6.04 Å². The number of anilines is 1. The number of rotatable bonds is 6. The first kappa shape index (κ1) is 17.6. The Morgan fingerprint density at radius 3 is 2.52 bits per heavy atom. The number of aryl methyl sites for hydroxylation is 1. The van der Waals surface area contributed by atoms with Crippen molar-refractivity contribution in [2.45, 2.75) is 13.0 Å². The Balaban J connectivity index is 1.59. The van der Waals surface area contributed by atoms with Gasteiger partial charge in [0.1, 0.15) is 0 Å². The highest BCUT2D eigenvalue weighted by Crippen LogP contribution is 2.22. The van der Waals surface area contributed by atoms with Crippen LogP contribution < -0.4 is 5.32 Å². The molecule has 7 nitrogen and oxygen atoms in total. The van der Waals surface area contributed by atoms with Crippen LogP contribution in [0.4, 0.5) is 5.95 Å². The van der Waals surface area contributed by atoms with Crippen LogP contribution in [0.25, 0.3) is 5.69 Å². The smallest absolute Gasteiger partial charge is 0.248 e. The molecule has 2 heterocycles. The lowest BCUT2D eigenvalue weighted by Crippen LogP contribution is -2.40. The van der Waals surface area contributed by atoms with Gasteiger partial charge in [0.2, 0.25) is 5.95 Å². The second-order valence-electron chi connectivity index (χ2n) is 6.77. The number of ether oxygens (including phenoxy) is 1. The second-order valence-corrected chi connectivity index (χ2v) is 6.77. The molecule has 0 aliphatic carbocycles. The van der Waals surface area contributed by atoms with Gasteiger partial charge >= 0.3 is 0 Å². The molecule has 0 bridgehead atoms. The van der Waals surface area contributed by atoms with Gasteiger partial charge in [-0.05, 0) is 35.0 Å². The Hall–Kier alpha value is -2.77. The number of tetrazole rings is 1. The molecule has 0 saturated carbocycles. The Kier molecular flexibility index (Phi) is 5.41. The maximum atomic E-state index is 5.49. The standard InChI is InChI=1S/C20H24N6O/c1-16-7-9-17(10-8-16)19(15-25-11-13-27-14-12-25)21-20-22-23-24-26(20)18-5-3-2-4-6-18/h2-10,19H,11-15H2,1H3,(H,21,22,24)/t19-/m1/s1. The molecule has 1 N–H and O–H groups in total. The van der Waals surface area contributed by atoms with Gasteiger partial charge < -0.3 is 10.1 Å². The summed E-state index contributed by atoms with van der Waals surface area (Å²) in [5.41, 5.74) is 3.40. The van der Waals surface area contributed by atoms with Crippen molar-refractivity contribution in [2.24, 2.45) is 0 Å². The van der Waals surface area contributed by atoms with Crippen LogP contribution in [0.3, 0.4) is 0 Å². The summed E-state index contributed by atoms with van der Waals surface area (Å²) in [5, 5.41) is 15.8. The minimum absolute atomic E-state index is 0.0807. The van der Waals surface area contributed by atoms with E-state index in [0.717, 1.165) is 38.5 Å². The third-order valence-electron chi connectivity index (χ3n) is 4.80. The predicted octanol–water partition coefficient (Wildman–Crippen LogP) is 2.46. The van der Waals surface area contributed by atoms with Crippen molar-refractivity contribution in [3.63, 3.8) is 0 Å². The van der Waals surface area contributed by atoms with Crippen molar-refractivity contribution in [3.8, 4) is 5.69 Å². The molecule has 1 fully saturated rings. The zero-order valence-electron chi connectivity index (χ0n) is 15.5. The van der Waals surface area contributed by atoms with Crippen molar-refractivity contribution >= 4 is 5.95 Å². The van der Waals surface area contributed by atoms with E-state index in [1.54, 1.807) is 4.68 Å². The van der Waals surface area contributed by atoms with Gasteiger partial charge in [0.15, 0.2) is 0 Å². The van der Waals surface area contributed by atoms with Crippen molar-refractivity contribution in [2.75, 3.05) is 38.2 Å². The van der Waals surface area contributed by atoms with E-state index >= 15 is 0 Å². The van der Waals surface area contributed by atoms with E-state index in [4.69, 9.17) is 4.74 Å². The molecule has 27 heavy (non-hydrogen) atoms. The summed E-state index contributed by atoms with van der Waals surface area (Å²) in [6, 6.07) is 18.6. The maximum absolute atomic E-state index is 5.49. The summed E-state index contributed by atoms with van der Waals surface area (Å²) < 4.78 is 7.22. The lowest BCUT2D eigenvalue weighted by Gasteiger charge is -2.31. The van der Waals surface area contributed by atoms with Crippen LogP contribution in [0, 0.1) is 6.92 Å². The molecule has 140 valence electrons. The summed E-state index contributed by atoms with van der Waals surface area (Å²) in [6.07, 6.45) is 0. The van der Waals surface area contributed by atoms with Crippen molar-refractivity contribution in [3.05, 3.63) is 65.7 Å². The summed E-state index contributed by atoms with van der Waals surface area (Å²) in [7, 11) is 0. The molecule has 1 aromatic heterocycles. The first-order chi connectivity index (χ1) is 13.3. The van der Waals surface area contributed by atoms with Crippen LogP contribution in [0.15, 0.2) is 54.6 Å². The molecule has 2 aromatic carbocycles. The monoisotopic (exact) mass is 364 g/mol. The summed E-state index contributed by atoms with van der Waals surface area (Å²) in [6.45, 7) is 6.41. The SMILES string of the molecule is Cc1ccc([C@@H](CN2CCOCC2)Nc2nnnn2-c2ccccc2)cc1. The van der Waals surface area contributed by atoms with Crippen LogP contribution in [-0.2, 0) is 4.74 Å². The highest BCUT2D eigenvalue weighted by molar-refractivity contribution is 5.41. The first-order valence-corrected chi connectivity index (χ1v) is 9.26. The number of hydrogen-bond acceptors (Lipinski definition) is 6. The Morgan fingerprint density at radius 1 is 1.04 bits per heavy atom. The number of hydrogen-bond donors (Lipinski definition) is 1. The second kappa shape index (κ2) is 8.28. The molecule has 1 aliphatic heterocycles. The molecule has 1 saturated heterocycles. The lowest BCUT2D eigenvalue weighted by atomic mass is 10.0. The van der Waals surface area contributed by atoms with Gasteiger partial charge in [0.25, 0.3) is 0 Å². The van der Waals surface area contributed by atoms with Crippen molar-refractivity contribution in [1.29, 1.82) is 0 Å². The van der Waals surface area contributed by atoms with Crippen molar-refractivity contribution in [1.82, 2.24) is 25.1 Å². The predicted molar refractivity (Wildman–Crippen MR) is 104 cm³/mol. The summed E-state index contributed by atoms with van der Waals surface area (Å²) in [4.78, 5) is 2.41. The molecular weight excluding hydrogens is 340 g/mol. The van der Waals surface area contributed by atoms with Gasteiger partial charge in [0, 0.05) is 19.6 Å².